The highest BCUT2D eigenvalue weighted by atomic mass is 19.2. The van der Waals surface area contributed by atoms with Crippen LogP contribution in [0.3, 0.4) is 0 Å². The Kier molecular flexibility index (Phi) is 4.37. The van der Waals surface area contributed by atoms with Crippen molar-refractivity contribution in [1.29, 1.82) is 0 Å². The van der Waals surface area contributed by atoms with Crippen LogP contribution in [0, 0.1) is 11.8 Å². The van der Waals surface area contributed by atoms with Gasteiger partial charge in [0.15, 0.2) is 5.83 Å². The van der Waals surface area contributed by atoms with E-state index in [1.165, 1.54) is 0 Å². The number of allylic oxidation sites excluding steroid dienone is 4. The molecule has 1 aliphatic heterocycles. The summed E-state index contributed by atoms with van der Waals surface area (Å²) < 4.78 is 40.9. The summed E-state index contributed by atoms with van der Waals surface area (Å²) in [5, 5.41) is 0. The van der Waals surface area contributed by atoms with Crippen LogP contribution in [0.25, 0.3) is 0 Å². The lowest BCUT2D eigenvalue weighted by Crippen LogP contribution is -2.47. The Bertz CT molecular complexity index is 708. The van der Waals surface area contributed by atoms with E-state index in [9.17, 15) is 13.2 Å². The van der Waals surface area contributed by atoms with Gasteiger partial charge >= 0.3 is 0 Å². The summed E-state index contributed by atoms with van der Waals surface area (Å²) in [5.74, 6) is -3.34. The Balaban J connectivity index is 1.41. The SMILES string of the molecule is NC1CC(N2Cc3cncnc3C2)CC[C@@H]1C1CC(F)=C(F)C=C1F. The summed E-state index contributed by atoms with van der Waals surface area (Å²) in [6.07, 6.45) is 6.18. The van der Waals surface area contributed by atoms with Gasteiger partial charge in [0.2, 0.25) is 0 Å². The summed E-state index contributed by atoms with van der Waals surface area (Å²) >= 11 is 0. The molecule has 2 N–H and O–H groups in total. The monoisotopic (exact) mass is 350 g/mol. The van der Waals surface area contributed by atoms with Crippen molar-refractivity contribution in [2.45, 2.75) is 50.9 Å². The average Bonchev–Trinajstić information content (AvgIpc) is 3.02. The zero-order valence-corrected chi connectivity index (χ0v) is 13.8. The minimum atomic E-state index is -1.09. The lowest BCUT2D eigenvalue weighted by molar-refractivity contribution is 0.0990. The van der Waals surface area contributed by atoms with Gasteiger partial charge in [-0.25, -0.2) is 23.1 Å². The summed E-state index contributed by atoms with van der Waals surface area (Å²) in [6, 6.07) is 0.0693. The van der Waals surface area contributed by atoms with E-state index in [1.807, 2.05) is 6.20 Å². The molecule has 1 aromatic heterocycles. The fourth-order valence-corrected chi connectivity index (χ4v) is 4.47. The first-order chi connectivity index (χ1) is 12.0. The van der Waals surface area contributed by atoms with E-state index < -0.39 is 23.4 Å². The molecule has 4 rings (SSSR count). The Labute approximate surface area is 144 Å². The molecule has 0 bridgehead atoms. The van der Waals surface area contributed by atoms with Crippen molar-refractivity contribution in [2.24, 2.45) is 17.6 Å². The summed E-state index contributed by atoms with van der Waals surface area (Å²) in [7, 11) is 0. The zero-order chi connectivity index (χ0) is 17.6. The van der Waals surface area contributed by atoms with Crippen LogP contribution in [0.1, 0.15) is 36.9 Å². The van der Waals surface area contributed by atoms with Crippen molar-refractivity contribution in [2.75, 3.05) is 0 Å². The zero-order valence-electron chi connectivity index (χ0n) is 13.8. The highest BCUT2D eigenvalue weighted by Crippen LogP contribution is 2.43. The van der Waals surface area contributed by atoms with E-state index in [2.05, 4.69) is 14.9 Å². The van der Waals surface area contributed by atoms with Gasteiger partial charge in [-0.15, -0.1) is 0 Å². The van der Waals surface area contributed by atoms with Gasteiger partial charge in [-0.2, -0.15) is 0 Å². The second-order valence-corrected chi connectivity index (χ2v) is 7.29. The molecular weight excluding hydrogens is 329 g/mol. The number of aromatic nitrogens is 2. The van der Waals surface area contributed by atoms with E-state index in [0.29, 0.717) is 18.5 Å². The summed E-state index contributed by atoms with van der Waals surface area (Å²) in [6.45, 7) is 1.58. The number of hydrogen-bond acceptors (Lipinski definition) is 4. The van der Waals surface area contributed by atoms with E-state index in [1.54, 1.807) is 6.33 Å². The van der Waals surface area contributed by atoms with Crippen LogP contribution in [0.4, 0.5) is 13.2 Å². The molecule has 0 amide bonds. The molecule has 2 heterocycles. The van der Waals surface area contributed by atoms with Gasteiger partial charge in [0.05, 0.1) is 5.69 Å². The standard InChI is InChI=1S/C18H21F3N4/c19-14-5-16(21)15(20)4-13(14)12-2-1-11(3-17(12)22)25-7-10-6-23-9-24-18(10)8-25/h5-6,9,11-13,17H,1-4,7-8,22H2/t11?,12-,13?,17?/m1/s1. The minimum Gasteiger partial charge on any atom is -0.327 e. The Hall–Kier alpha value is -1.73. The largest absolute Gasteiger partial charge is 0.327 e. The lowest BCUT2D eigenvalue weighted by Gasteiger charge is -2.41. The first-order valence-electron chi connectivity index (χ1n) is 8.71. The van der Waals surface area contributed by atoms with Crippen molar-refractivity contribution in [3.8, 4) is 0 Å². The van der Waals surface area contributed by atoms with Crippen molar-refractivity contribution < 1.29 is 13.2 Å². The average molecular weight is 350 g/mol. The number of nitrogens with zero attached hydrogens (tertiary/aromatic N) is 3. The Morgan fingerprint density at radius 3 is 2.76 bits per heavy atom. The first kappa shape index (κ1) is 16.7. The summed E-state index contributed by atoms with van der Waals surface area (Å²) in [4.78, 5) is 10.7. The maximum atomic E-state index is 14.1. The molecule has 7 heteroatoms. The molecule has 3 unspecified atom stereocenters. The van der Waals surface area contributed by atoms with E-state index >= 15 is 0 Å². The molecule has 1 saturated carbocycles. The molecule has 0 aromatic carbocycles. The maximum absolute atomic E-state index is 14.1. The molecule has 4 atom stereocenters. The molecule has 1 fully saturated rings. The molecule has 0 radical (unpaired) electrons. The second-order valence-electron chi connectivity index (χ2n) is 7.29. The molecule has 0 spiro atoms. The third kappa shape index (κ3) is 3.11. The normalized spacial score (nSPS) is 33.4. The van der Waals surface area contributed by atoms with Crippen LogP contribution in [0.5, 0.6) is 0 Å². The van der Waals surface area contributed by atoms with Gasteiger partial charge in [-0.05, 0) is 25.2 Å². The second kappa shape index (κ2) is 6.53. The molecule has 25 heavy (non-hydrogen) atoms. The van der Waals surface area contributed by atoms with Crippen LogP contribution < -0.4 is 5.73 Å². The van der Waals surface area contributed by atoms with E-state index in [0.717, 1.165) is 37.2 Å². The molecule has 0 saturated heterocycles. The van der Waals surface area contributed by atoms with Crippen LogP contribution in [-0.2, 0) is 13.1 Å². The van der Waals surface area contributed by atoms with Gasteiger partial charge in [0.1, 0.15) is 18.0 Å². The molecule has 3 aliphatic rings. The molecule has 134 valence electrons. The quantitative estimate of drug-likeness (QED) is 0.889. The first-order valence-corrected chi connectivity index (χ1v) is 8.71. The highest BCUT2D eigenvalue weighted by molar-refractivity contribution is 5.26. The van der Waals surface area contributed by atoms with Crippen molar-refractivity contribution in [3.05, 3.63) is 47.3 Å². The fourth-order valence-electron chi connectivity index (χ4n) is 4.47. The predicted octanol–water partition coefficient (Wildman–Crippen LogP) is 3.31. The molecule has 2 aliphatic carbocycles. The number of hydrogen-bond donors (Lipinski definition) is 1. The van der Waals surface area contributed by atoms with Crippen molar-refractivity contribution in [1.82, 2.24) is 14.9 Å². The van der Waals surface area contributed by atoms with E-state index in [-0.39, 0.29) is 18.4 Å². The highest BCUT2D eigenvalue weighted by Gasteiger charge is 2.40. The van der Waals surface area contributed by atoms with Gasteiger partial charge in [-0.1, -0.05) is 0 Å². The number of halogens is 3. The van der Waals surface area contributed by atoms with Crippen LogP contribution in [0.2, 0.25) is 0 Å². The smallest absolute Gasteiger partial charge is 0.157 e. The number of fused-ring (bicyclic) bond motifs is 1. The Morgan fingerprint density at radius 2 is 2.00 bits per heavy atom. The third-order valence-corrected chi connectivity index (χ3v) is 5.85. The van der Waals surface area contributed by atoms with Crippen molar-refractivity contribution >= 4 is 0 Å². The number of nitrogens with two attached hydrogens (primary N) is 1. The number of rotatable bonds is 2. The van der Waals surface area contributed by atoms with Crippen LogP contribution >= 0.6 is 0 Å². The predicted molar refractivity (Wildman–Crippen MR) is 86.9 cm³/mol. The van der Waals surface area contributed by atoms with Gasteiger partial charge in [0, 0.05) is 55.3 Å². The minimum absolute atomic E-state index is 0.156. The lowest BCUT2D eigenvalue weighted by atomic mass is 9.72. The van der Waals surface area contributed by atoms with Gasteiger partial charge in [-0.3, -0.25) is 4.90 Å². The van der Waals surface area contributed by atoms with Crippen molar-refractivity contribution in [3.63, 3.8) is 0 Å². The van der Waals surface area contributed by atoms with Gasteiger partial charge < -0.3 is 5.73 Å². The maximum Gasteiger partial charge on any atom is 0.157 e. The fraction of sp³-hybridized carbons (Fsp3) is 0.556. The Morgan fingerprint density at radius 1 is 1.16 bits per heavy atom. The van der Waals surface area contributed by atoms with E-state index in [4.69, 9.17) is 5.73 Å². The van der Waals surface area contributed by atoms with Gasteiger partial charge in [0.25, 0.3) is 0 Å². The van der Waals surface area contributed by atoms with Crippen LogP contribution in [-0.4, -0.2) is 27.0 Å². The molecule has 4 nitrogen and oxygen atoms in total. The molecular formula is C18H21F3N4. The topological polar surface area (TPSA) is 55.0 Å². The third-order valence-electron chi connectivity index (χ3n) is 5.85. The summed E-state index contributed by atoms with van der Waals surface area (Å²) in [5.41, 5.74) is 8.53. The van der Waals surface area contributed by atoms with Crippen LogP contribution in [0.15, 0.2) is 36.1 Å². The molecule has 1 aromatic rings.